The Morgan fingerprint density at radius 3 is 2.64 bits per heavy atom. The van der Waals surface area contributed by atoms with E-state index >= 15 is 0 Å². The maximum atomic E-state index is 13.4. The van der Waals surface area contributed by atoms with Crippen LogP contribution in [-0.4, -0.2) is 45.3 Å². The Kier molecular flexibility index (Phi) is 9.46. The Labute approximate surface area is 230 Å². The van der Waals surface area contributed by atoms with Gasteiger partial charge in [-0.3, -0.25) is 4.79 Å². The van der Waals surface area contributed by atoms with Gasteiger partial charge in [0.2, 0.25) is 0 Å². The topological polar surface area (TPSA) is 113 Å². The zero-order valence-corrected chi connectivity index (χ0v) is 22.8. The van der Waals surface area contributed by atoms with E-state index in [4.69, 9.17) is 14.6 Å². The van der Waals surface area contributed by atoms with Crippen LogP contribution in [0.4, 0.5) is 0 Å². The van der Waals surface area contributed by atoms with Crippen molar-refractivity contribution in [3.63, 3.8) is 0 Å². The molecule has 0 bridgehead atoms. The maximum absolute atomic E-state index is 13.4. The Morgan fingerprint density at radius 2 is 1.87 bits per heavy atom. The summed E-state index contributed by atoms with van der Waals surface area (Å²) in [7, 11) is 0. The lowest BCUT2D eigenvalue weighted by atomic mass is 9.66. The van der Waals surface area contributed by atoms with Gasteiger partial charge in [0.25, 0.3) is 0 Å². The van der Waals surface area contributed by atoms with Gasteiger partial charge >= 0.3 is 11.9 Å². The molecule has 2 aliphatic rings. The van der Waals surface area contributed by atoms with Crippen molar-refractivity contribution in [2.24, 2.45) is 17.8 Å². The molecule has 2 aromatic rings. The molecule has 0 aliphatic heterocycles. The van der Waals surface area contributed by atoms with E-state index in [2.05, 4.69) is 25.2 Å². The Morgan fingerprint density at radius 1 is 1.10 bits per heavy atom. The van der Waals surface area contributed by atoms with Crippen molar-refractivity contribution in [3.05, 3.63) is 66.3 Å². The third-order valence-electron chi connectivity index (χ3n) is 8.11. The van der Waals surface area contributed by atoms with Crippen molar-refractivity contribution in [1.82, 2.24) is 0 Å². The van der Waals surface area contributed by atoms with E-state index in [0.717, 1.165) is 22.8 Å². The number of carbonyl (C=O) groups excluding carboxylic acids is 1. The van der Waals surface area contributed by atoms with Crippen molar-refractivity contribution in [2.45, 2.75) is 83.2 Å². The molecule has 7 nitrogen and oxygen atoms in total. The van der Waals surface area contributed by atoms with Gasteiger partial charge in [0.1, 0.15) is 11.9 Å². The summed E-state index contributed by atoms with van der Waals surface area (Å²) in [5.41, 5.74) is 1.12. The van der Waals surface area contributed by atoms with Gasteiger partial charge in [-0.1, -0.05) is 68.5 Å². The van der Waals surface area contributed by atoms with E-state index in [-0.39, 0.29) is 55.5 Å². The van der Waals surface area contributed by atoms with E-state index in [1.807, 2.05) is 49.4 Å². The molecule has 5 atom stereocenters. The molecule has 3 N–H and O–H groups in total. The number of rotatable bonds is 12. The number of aliphatic carboxylic acids is 1. The molecule has 0 heterocycles. The molecule has 5 unspecified atom stereocenters. The molecule has 7 heteroatoms. The Balaban J connectivity index is 1.45. The van der Waals surface area contributed by atoms with Gasteiger partial charge in [-0.2, -0.15) is 0 Å². The number of benzene rings is 2. The predicted molar refractivity (Wildman–Crippen MR) is 149 cm³/mol. The second kappa shape index (κ2) is 12.8. The minimum Gasteiger partial charge on any atom is -0.481 e. The van der Waals surface area contributed by atoms with Crippen molar-refractivity contribution >= 4 is 22.7 Å². The fraction of sp³-hybridized carbons (Fsp3) is 0.500. The number of carbonyl (C=O) groups is 2. The highest BCUT2D eigenvalue weighted by Gasteiger charge is 2.41. The summed E-state index contributed by atoms with van der Waals surface area (Å²) in [5.74, 6) is -2.45. The van der Waals surface area contributed by atoms with Crippen molar-refractivity contribution in [2.75, 3.05) is 0 Å². The number of hydrogen-bond donors (Lipinski definition) is 3. The first-order valence-electron chi connectivity index (χ1n) is 14.1. The molecular weight excluding hydrogens is 496 g/mol. The zero-order valence-electron chi connectivity index (χ0n) is 22.8. The molecule has 2 aromatic carbocycles. The Hall–Kier alpha value is -3.16. The average molecular weight is 537 g/mol. The van der Waals surface area contributed by atoms with Crippen LogP contribution in [0.1, 0.15) is 65.2 Å². The fourth-order valence-corrected chi connectivity index (χ4v) is 5.97. The van der Waals surface area contributed by atoms with Gasteiger partial charge in [-0.15, -0.1) is 0 Å². The predicted octanol–water partition coefficient (Wildman–Crippen LogP) is 5.78. The summed E-state index contributed by atoms with van der Waals surface area (Å²) in [6.45, 7) is 4.01. The quantitative estimate of drug-likeness (QED) is 0.233. The summed E-state index contributed by atoms with van der Waals surface area (Å²) in [6.07, 6.45) is 8.07. The third-order valence-corrected chi connectivity index (χ3v) is 8.11. The van der Waals surface area contributed by atoms with Crippen LogP contribution in [0.15, 0.2) is 66.3 Å². The number of esters is 1. The lowest BCUT2D eigenvalue weighted by Gasteiger charge is -2.42. The van der Waals surface area contributed by atoms with Crippen molar-refractivity contribution in [1.29, 1.82) is 0 Å². The first-order chi connectivity index (χ1) is 18.7. The maximum Gasteiger partial charge on any atom is 0.347 e. The molecule has 0 saturated carbocycles. The zero-order chi connectivity index (χ0) is 28.0. The van der Waals surface area contributed by atoms with E-state index in [9.17, 15) is 19.8 Å². The largest absolute Gasteiger partial charge is 0.481 e. The molecule has 0 spiro atoms. The lowest BCUT2D eigenvalue weighted by molar-refractivity contribution is -0.177. The lowest BCUT2D eigenvalue weighted by Crippen LogP contribution is -2.42. The number of ether oxygens (including phenoxy) is 2. The minimum absolute atomic E-state index is 0.00566. The van der Waals surface area contributed by atoms with Crippen LogP contribution in [0.25, 0.3) is 10.8 Å². The van der Waals surface area contributed by atoms with Gasteiger partial charge in [0.05, 0.1) is 0 Å². The van der Waals surface area contributed by atoms with E-state index in [1.165, 1.54) is 0 Å². The summed E-state index contributed by atoms with van der Waals surface area (Å²) >= 11 is 0. The molecular formula is C32H40O7. The molecule has 39 heavy (non-hydrogen) atoms. The van der Waals surface area contributed by atoms with Crippen LogP contribution in [0.5, 0.6) is 5.75 Å². The molecule has 0 amide bonds. The molecule has 210 valence electrons. The first kappa shape index (κ1) is 28.8. The van der Waals surface area contributed by atoms with E-state index < -0.39 is 17.9 Å². The summed E-state index contributed by atoms with van der Waals surface area (Å²) in [6, 6.07) is 13.7. The summed E-state index contributed by atoms with van der Waals surface area (Å²) in [4.78, 5) is 24.2. The van der Waals surface area contributed by atoms with E-state index in [1.54, 1.807) is 0 Å². The molecule has 4 rings (SSSR count). The molecule has 2 aliphatic carbocycles. The molecule has 0 aromatic heterocycles. The molecule has 0 radical (unpaired) electrons. The van der Waals surface area contributed by atoms with Gasteiger partial charge in [0, 0.05) is 30.6 Å². The summed E-state index contributed by atoms with van der Waals surface area (Å²) < 4.78 is 12.4. The summed E-state index contributed by atoms with van der Waals surface area (Å²) in [5, 5.41) is 31.9. The van der Waals surface area contributed by atoms with Crippen LogP contribution in [-0.2, 0) is 14.3 Å². The number of allylic oxidation sites excluding steroid dienone is 3. The number of carboxylic acid groups (broad SMARTS) is 1. The standard InChI is InChI=1S/C32H40O7/c1-3-26(38-27-13-6-10-22-9-4-5-12-25(22)27)31(35)39-28-14-7-11-23-17-16-21(2)24(30(23)28)18-20-32(36,37)19-8-15-29(33)34/h4-6,9-13,16-17,21,24,26,28,30,36-37H,3,7-8,14-15,18-20H2,1-2H3,(H,33,34). The average Bonchev–Trinajstić information content (AvgIpc) is 2.91. The van der Waals surface area contributed by atoms with Gasteiger partial charge in [-0.05, 0) is 61.0 Å². The van der Waals surface area contributed by atoms with Crippen molar-refractivity contribution in [3.8, 4) is 5.75 Å². The SMILES string of the molecule is CCC(Oc1cccc2ccccc12)C(=O)OC1CCC=C2C=CC(C)C(CCC(O)(O)CCCC(=O)O)C21. The fourth-order valence-electron chi connectivity index (χ4n) is 5.97. The second-order valence-electron chi connectivity index (χ2n) is 10.9. The van der Waals surface area contributed by atoms with Crippen LogP contribution >= 0.6 is 0 Å². The van der Waals surface area contributed by atoms with Crippen LogP contribution < -0.4 is 4.74 Å². The second-order valence-corrected chi connectivity index (χ2v) is 10.9. The Bertz CT molecular complexity index is 1210. The smallest absolute Gasteiger partial charge is 0.347 e. The molecule has 0 fully saturated rings. The first-order valence-corrected chi connectivity index (χ1v) is 14.1. The van der Waals surface area contributed by atoms with Crippen LogP contribution in [0.3, 0.4) is 0 Å². The van der Waals surface area contributed by atoms with Gasteiger partial charge in [-0.25, -0.2) is 4.79 Å². The van der Waals surface area contributed by atoms with Crippen LogP contribution in [0, 0.1) is 17.8 Å². The highest BCUT2D eigenvalue weighted by Crippen LogP contribution is 2.44. The van der Waals surface area contributed by atoms with Gasteiger partial charge < -0.3 is 24.8 Å². The van der Waals surface area contributed by atoms with Gasteiger partial charge in [0.15, 0.2) is 11.9 Å². The number of carboxylic acids is 1. The number of hydrogen-bond acceptors (Lipinski definition) is 6. The van der Waals surface area contributed by atoms with E-state index in [0.29, 0.717) is 25.0 Å². The number of aliphatic hydroxyl groups is 2. The van der Waals surface area contributed by atoms with Crippen molar-refractivity contribution < 1.29 is 34.4 Å². The van der Waals surface area contributed by atoms with Crippen LogP contribution in [0.2, 0.25) is 0 Å². The molecule has 0 saturated heterocycles. The normalized spacial score (nSPS) is 23.5. The monoisotopic (exact) mass is 536 g/mol. The number of fused-ring (bicyclic) bond motifs is 2. The minimum atomic E-state index is -1.93. The highest BCUT2D eigenvalue weighted by atomic mass is 16.6. The highest BCUT2D eigenvalue weighted by molar-refractivity contribution is 5.88. The third kappa shape index (κ3) is 7.28.